The Morgan fingerprint density at radius 3 is 2.64 bits per heavy atom. The van der Waals surface area contributed by atoms with Crippen molar-refractivity contribution >= 4 is 31.6 Å². The van der Waals surface area contributed by atoms with Gasteiger partial charge in [0, 0.05) is 42.5 Å². The minimum absolute atomic E-state index is 0.273. The highest BCUT2D eigenvalue weighted by Gasteiger charge is 2.32. The van der Waals surface area contributed by atoms with Crippen molar-refractivity contribution in [2.75, 3.05) is 33.2 Å². The first-order valence-corrected chi connectivity index (χ1v) is 12.3. The van der Waals surface area contributed by atoms with Crippen LogP contribution in [-0.4, -0.2) is 72.0 Å². The number of nitrogens with zero attached hydrogens (tertiary/aromatic N) is 4. The van der Waals surface area contributed by atoms with Gasteiger partial charge >= 0.3 is 0 Å². The van der Waals surface area contributed by atoms with Crippen LogP contribution in [0.25, 0.3) is 33.2 Å². The fourth-order valence-electron chi connectivity index (χ4n) is 4.40. The Morgan fingerprint density at radius 2 is 1.91 bits per heavy atom. The molecule has 1 saturated heterocycles. The standard InChI is InChI=1S/C24H24N6O2S/c1-3-23(30-10-8-29(2)9-11-30)33(31,32)18-5-7-20-17(13-18)14-22(26-20)24-19-6-4-16(15-25)12-21(19)27-28-24/h3-7,12-14,23,26H,1,8-11H2,2H3,(H,27,28). The van der Waals surface area contributed by atoms with E-state index >= 15 is 0 Å². The van der Waals surface area contributed by atoms with E-state index in [1.165, 1.54) is 6.08 Å². The zero-order valence-electron chi connectivity index (χ0n) is 18.2. The van der Waals surface area contributed by atoms with Crippen LogP contribution in [0.4, 0.5) is 0 Å². The molecule has 0 spiro atoms. The molecule has 2 N–H and O–H groups in total. The van der Waals surface area contributed by atoms with Gasteiger partial charge in [0.15, 0.2) is 9.84 Å². The molecule has 4 aromatic rings. The summed E-state index contributed by atoms with van der Waals surface area (Å²) >= 11 is 0. The predicted molar refractivity (Wildman–Crippen MR) is 128 cm³/mol. The van der Waals surface area contributed by atoms with Crippen LogP contribution >= 0.6 is 0 Å². The van der Waals surface area contributed by atoms with Crippen LogP contribution in [-0.2, 0) is 9.84 Å². The molecule has 0 radical (unpaired) electrons. The van der Waals surface area contributed by atoms with Crippen molar-refractivity contribution in [1.29, 1.82) is 5.26 Å². The molecule has 1 atom stereocenters. The minimum atomic E-state index is -3.62. The molecule has 8 nitrogen and oxygen atoms in total. The number of H-pyrrole nitrogens is 2. The number of nitrogens with one attached hydrogen (secondary N) is 2. The Kier molecular flexibility index (Phi) is 5.29. The molecule has 0 saturated carbocycles. The van der Waals surface area contributed by atoms with Gasteiger partial charge in [0.25, 0.3) is 0 Å². The highest BCUT2D eigenvalue weighted by molar-refractivity contribution is 7.92. The van der Waals surface area contributed by atoms with Gasteiger partial charge in [-0.15, -0.1) is 6.58 Å². The number of aromatic amines is 2. The van der Waals surface area contributed by atoms with Crippen LogP contribution < -0.4 is 0 Å². The molecule has 168 valence electrons. The molecule has 5 rings (SSSR count). The number of sulfone groups is 1. The Hall–Kier alpha value is -3.45. The summed E-state index contributed by atoms with van der Waals surface area (Å²) < 4.78 is 27.0. The van der Waals surface area contributed by atoms with E-state index in [-0.39, 0.29) is 4.90 Å². The number of likely N-dealkylation sites (N-methyl/N-ethyl adjacent to an activating group) is 1. The van der Waals surface area contributed by atoms with Crippen molar-refractivity contribution in [3.63, 3.8) is 0 Å². The molecule has 1 aliphatic heterocycles. The zero-order chi connectivity index (χ0) is 23.2. The lowest BCUT2D eigenvalue weighted by Crippen LogP contribution is -2.50. The second-order valence-corrected chi connectivity index (χ2v) is 10.4. The molecule has 3 heterocycles. The molecule has 1 fully saturated rings. The van der Waals surface area contributed by atoms with E-state index in [2.05, 4.69) is 32.7 Å². The van der Waals surface area contributed by atoms with Crippen molar-refractivity contribution in [2.45, 2.75) is 10.3 Å². The molecule has 1 unspecified atom stereocenters. The summed E-state index contributed by atoms with van der Waals surface area (Å²) in [6, 6.07) is 14.5. The second-order valence-electron chi connectivity index (χ2n) is 8.39. The summed E-state index contributed by atoms with van der Waals surface area (Å²) in [5.41, 5.74) is 3.64. The third kappa shape index (κ3) is 3.72. The monoisotopic (exact) mass is 460 g/mol. The highest BCUT2D eigenvalue weighted by atomic mass is 32.2. The summed E-state index contributed by atoms with van der Waals surface area (Å²) in [5, 5.41) is 17.4. The number of rotatable bonds is 5. The third-order valence-corrected chi connectivity index (χ3v) is 8.32. The molecule has 33 heavy (non-hydrogen) atoms. The largest absolute Gasteiger partial charge is 0.353 e. The second kappa shape index (κ2) is 8.15. The van der Waals surface area contributed by atoms with Crippen LogP contribution in [0.3, 0.4) is 0 Å². The lowest BCUT2D eigenvalue weighted by molar-refractivity contribution is 0.154. The zero-order valence-corrected chi connectivity index (χ0v) is 19.1. The maximum Gasteiger partial charge on any atom is 0.198 e. The lowest BCUT2D eigenvalue weighted by Gasteiger charge is -2.36. The fourth-order valence-corrected chi connectivity index (χ4v) is 6.08. The van der Waals surface area contributed by atoms with E-state index in [9.17, 15) is 8.42 Å². The summed E-state index contributed by atoms with van der Waals surface area (Å²) in [5.74, 6) is 0. The molecule has 9 heteroatoms. The summed E-state index contributed by atoms with van der Waals surface area (Å²) in [6.07, 6.45) is 1.53. The van der Waals surface area contributed by atoms with E-state index < -0.39 is 15.2 Å². The highest BCUT2D eigenvalue weighted by Crippen LogP contribution is 2.31. The van der Waals surface area contributed by atoms with Gasteiger partial charge in [-0.1, -0.05) is 6.08 Å². The van der Waals surface area contributed by atoms with Gasteiger partial charge < -0.3 is 9.88 Å². The quantitative estimate of drug-likeness (QED) is 0.443. The van der Waals surface area contributed by atoms with Crippen LogP contribution in [0.5, 0.6) is 0 Å². The normalized spacial score (nSPS) is 16.7. The van der Waals surface area contributed by atoms with E-state index in [4.69, 9.17) is 5.26 Å². The van der Waals surface area contributed by atoms with Gasteiger partial charge in [0.2, 0.25) is 0 Å². The summed E-state index contributed by atoms with van der Waals surface area (Å²) in [6.45, 7) is 6.84. The molecule has 2 aromatic carbocycles. The third-order valence-electron chi connectivity index (χ3n) is 6.29. The molecule has 1 aliphatic rings. The summed E-state index contributed by atoms with van der Waals surface area (Å²) in [4.78, 5) is 7.77. The van der Waals surface area contributed by atoms with Crippen LogP contribution in [0.15, 0.2) is 60.0 Å². The van der Waals surface area contributed by atoms with Crippen molar-refractivity contribution in [3.8, 4) is 17.5 Å². The van der Waals surface area contributed by atoms with Gasteiger partial charge in [0.05, 0.1) is 27.7 Å². The Labute approximate surface area is 192 Å². The van der Waals surface area contributed by atoms with Crippen molar-refractivity contribution in [3.05, 3.63) is 60.7 Å². The van der Waals surface area contributed by atoms with Crippen LogP contribution in [0.1, 0.15) is 5.56 Å². The number of fused-ring (bicyclic) bond motifs is 2. The number of hydrogen-bond acceptors (Lipinski definition) is 6. The van der Waals surface area contributed by atoms with Crippen molar-refractivity contribution in [2.24, 2.45) is 0 Å². The Bertz CT molecular complexity index is 1500. The topological polar surface area (TPSA) is 109 Å². The first-order chi connectivity index (χ1) is 15.9. The predicted octanol–water partition coefficient (Wildman–Crippen LogP) is 3.12. The first-order valence-electron chi connectivity index (χ1n) is 10.7. The van der Waals surface area contributed by atoms with Crippen molar-refractivity contribution in [1.82, 2.24) is 25.0 Å². The molecule has 2 aromatic heterocycles. The van der Waals surface area contributed by atoms with Gasteiger partial charge in [-0.3, -0.25) is 10.00 Å². The van der Waals surface area contributed by atoms with E-state index in [0.29, 0.717) is 18.7 Å². The van der Waals surface area contributed by atoms with E-state index in [1.54, 1.807) is 30.3 Å². The van der Waals surface area contributed by atoms with Crippen LogP contribution in [0, 0.1) is 11.3 Å². The lowest BCUT2D eigenvalue weighted by atomic mass is 10.1. The molecule has 0 bridgehead atoms. The smallest absolute Gasteiger partial charge is 0.198 e. The fraction of sp³-hybridized carbons (Fsp3) is 0.250. The van der Waals surface area contributed by atoms with Crippen molar-refractivity contribution < 1.29 is 8.42 Å². The van der Waals surface area contributed by atoms with Gasteiger partial charge in [0.1, 0.15) is 11.1 Å². The number of piperazine rings is 1. The maximum absolute atomic E-state index is 13.5. The van der Waals surface area contributed by atoms with Gasteiger partial charge in [-0.05, 0) is 49.5 Å². The molecular formula is C24H24N6O2S. The Morgan fingerprint density at radius 1 is 1.12 bits per heavy atom. The van der Waals surface area contributed by atoms with Gasteiger partial charge in [-0.2, -0.15) is 10.4 Å². The average Bonchev–Trinajstić information content (AvgIpc) is 3.43. The first kappa shape index (κ1) is 21.4. The number of hydrogen-bond donors (Lipinski definition) is 2. The van der Waals surface area contributed by atoms with Crippen LogP contribution in [0.2, 0.25) is 0 Å². The average molecular weight is 461 g/mol. The molecule has 0 amide bonds. The summed E-state index contributed by atoms with van der Waals surface area (Å²) in [7, 11) is -1.58. The minimum Gasteiger partial charge on any atom is -0.353 e. The molecule has 0 aliphatic carbocycles. The number of nitriles is 1. The maximum atomic E-state index is 13.5. The number of benzene rings is 2. The SMILES string of the molecule is C=CC(N1CCN(C)CC1)S(=O)(=O)c1ccc2[nH]c(-c3n[nH]c4cc(C#N)ccc34)cc2c1. The molecular weight excluding hydrogens is 436 g/mol. The van der Waals surface area contributed by atoms with E-state index in [1.807, 2.05) is 24.1 Å². The van der Waals surface area contributed by atoms with Gasteiger partial charge in [-0.25, -0.2) is 8.42 Å². The Balaban J connectivity index is 1.51. The number of aromatic nitrogens is 3. The van der Waals surface area contributed by atoms with E-state index in [0.717, 1.165) is 46.3 Å².